The van der Waals surface area contributed by atoms with E-state index in [0.717, 1.165) is 12.1 Å². The highest BCUT2D eigenvalue weighted by Crippen LogP contribution is 2.28. The SMILES string of the molecule is NNc1nccc(Nc2c(F)cc(F)cc2Cl)n1. The molecule has 94 valence electrons. The molecule has 0 saturated heterocycles. The van der Waals surface area contributed by atoms with Crippen LogP contribution >= 0.6 is 11.6 Å². The van der Waals surface area contributed by atoms with Gasteiger partial charge in [0.1, 0.15) is 11.6 Å². The van der Waals surface area contributed by atoms with Gasteiger partial charge < -0.3 is 5.32 Å². The Morgan fingerprint density at radius 2 is 2.06 bits per heavy atom. The molecule has 1 aromatic carbocycles. The summed E-state index contributed by atoms with van der Waals surface area (Å²) in [5.74, 6) is 3.99. The van der Waals surface area contributed by atoms with Gasteiger partial charge in [0.15, 0.2) is 5.82 Å². The number of aromatic nitrogens is 2. The van der Waals surface area contributed by atoms with Crippen LogP contribution in [0.15, 0.2) is 24.4 Å². The third-order valence-electron chi connectivity index (χ3n) is 2.04. The minimum atomic E-state index is -0.819. The van der Waals surface area contributed by atoms with Gasteiger partial charge in [0.25, 0.3) is 0 Å². The van der Waals surface area contributed by atoms with Gasteiger partial charge in [-0.25, -0.2) is 19.6 Å². The third kappa shape index (κ3) is 2.63. The second-order valence-electron chi connectivity index (χ2n) is 3.28. The van der Waals surface area contributed by atoms with E-state index in [2.05, 4.69) is 20.7 Å². The normalized spacial score (nSPS) is 10.2. The summed E-state index contributed by atoms with van der Waals surface area (Å²) >= 11 is 5.73. The van der Waals surface area contributed by atoms with Gasteiger partial charge in [-0.15, -0.1) is 0 Å². The summed E-state index contributed by atoms with van der Waals surface area (Å²) in [7, 11) is 0. The predicted molar refractivity (Wildman–Crippen MR) is 64.5 cm³/mol. The molecule has 1 heterocycles. The summed E-state index contributed by atoms with van der Waals surface area (Å²) in [5.41, 5.74) is 2.17. The Morgan fingerprint density at radius 3 is 2.72 bits per heavy atom. The fraction of sp³-hybridized carbons (Fsp3) is 0. The van der Waals surface area contributed by atoms with Crippen molar-refractivity contribution in [2.45, 2.75) is 0 Å². The van der Waals surface area contributed by atoms with Crippen molar-refractivity contribution in [3.8, 4) is 0 Å². The number of benzene rings is 1. The second kappa shape index (κ2) is 5.11. The van der Waals surface area contributed by atoms with Crippen LogP contribution in [0, 0.1) is 11.6 Å². The van der Waals surface area contributed by atoms with E-state index in [9.17, 15) is 8.78 Å². The summed E-state index contributed by atoms with van der Waals surface area (Å²) < 4.78 is 26.4. The molecule has 0 fully saturated rings. The number of hydrazine groups is 1. The van der Waals surface area contributed by atoms with E-state index in [4.69, 9.17) is 17.4 Å². The molecule has 0 bridgehead atoms. The molecule has 5 nitrogen and oxygen atoms in total. The molecule has 0 saturated carbocycles. The molecule has 2 aromatic rings. The number of rotatable bonds is 3. The van der Waals surface area contributed by atoms with Crippen molar-refractivity contribution in [1.29, 1.82) is 0 Å². The topological polar surface area (TPSA) is 75.9 Å². The van der Waals surface area contributed by atoms with E-state index >= 15 is 0 Å². The lowest BCUT2D eigenvalue weighted by molar-refractivity contribution is 0.586. The molecule has 0 aliphatic heterocycles. The summed E-state index contributed by atoms with van der Waals surface area (Å²) in [4.78, 5) is 7.70. The first-order chi connectivity index (χ1) is 8.60. The zero-order valence-corrected chi connectivity index (χ0v) is 9.67. The van der Waals surface area contributed by atoms with Gasteiger partial charge in [-0.2, -0.15) is 4.98 Å². The summed E-state index contributed by atoms with van der Waals surface area (Å²) in [6.07, 6.45) is 1.42. The maximum absolute atomic E-state index is 13.5. The highest BCUT2D eigenvalue weighted by molar-refractivity contribution is 6.33. The standard InChI is InChI=1S/C10H8ClF2N5/c11-6-3-5(12)4-7(13)9(6)16-8-1-2-15-10(17-8)18-14/h1-4H,14H2,(H2,15,16,17,18). The van der Waals surface area contributed by atoms with Crippen molar-refractivity contribution >= 4 is 29.1 Å². The maximum Gasteiger partial charge on any atom is 0.239 e. The molecule has 0 radical (unpaired) electrons. The van der Waals surface area contributed by atoms with E-state index < -0.39 is 11.6 Å². The average Bonchev–Trinajstić information content (AvgIpc) is 2.34. The molecule has 1 aromatic heterocycles. The number of nitrogens with one attached hydrogen (secondary N) is 2. The Bertz CT molecular complexity index is 555. The predicted octanol–water partition coefficient (Wildman–Crippen LogP) is 2.44. The largest absolute Gasteiger partial charge is 0.336 e. The highest BCUT2D eigenvalue weighted by atomic mass is 35.5. The number of anilines is 3. The van der Waals surface area contributed by atoms with Crippen LogP contribution in [0.25, 0.3) is 0 Å². The molecule has 0 aliphatic carbocycles. The van der Waals surface area contributed by atoms with Crippen molar-refractivity contribution < 1.29 is 8.78 Å². The first kappa shape index (κ1) is 12.5. The Balaban J connectivity index is 2.33. The second-order valence-corrected chi connectivity index (χ2v) is 3.69. The van der Waals surface area contributed by atoms with Gasteiger partial charge in [-0.3, -0.25) is 5.43 Å². The Labute approximate surface area is 106 Å². The average molecular weight is 272 g/mol. The molecular formula is C10H8ClF2N5. The first-order valence-electron chi connectivity index (χ1n) is 4.81. The molecule has 0 atom stereocenters. The van der Waals surface area contributed by atoms with Gasteiger partial charge >= 0.3 is 0 Å². The minimum Gasteiger partial charge on any atom is -0.336 e. The first-order valence-corrected chi connectivity index (χ1v) is 5.19. The van der Waals surface area contributed by atoms with Crippen molar-refractivity contribution in [3.05, 3.63) is 41.1 Å². The van der Waals surface area contributed by atoms with Crippen LogP contribution in [-0.4, -0.2) is 9.97 Å². The molecule has 0 unspecified atom stereocenters. The number of nitrogens with two attached hydrogens (primary N) is 1. The van der Waals surface area contributed by atoms with Crippen LogP contribution in [-0.2, 0) is 0 Å². The molecule has 0 amide bonds. The number of nitrogen functional groups attached to an aromatic ring is 1. The van der Waals surface area contributed by atoms with E-state index in [-0.39, 0.29) is 22.5 Å². The van der Waals surface area contributed by atoms with Crippen LogP contribution in [0.2, 0.25) is 5.02 Å². The number of hydrogen-bond donors (Lipinski definition) is 3. The van der Waals surface area contributed by atoms with Crippen molar-refractivity contribution in [2.24, 2.45) is 5.84 Å². The summed E-state index contributed by atoms with van der Waals surface area (Å²) in [5, 5.41) is 2.53. The molecule has 8 heteroatoms. The Hall–Kier alpha value is -1.99. The molecule has 4 N–H and O–H groups in total. The molecule has 2 rings (SSSR count). The van der Waals surface area contributed by atoms with Gasteiger partial charge in [0.2, 0.25) is 5.95 Å². The summed E-state index contributed by atoms with van der Waals surface area (Å²) in [6, 6.07) is 3.20. The van der Waals surface area contributed by atoms with Crippen LogP contribution in [0.3, 0.4) is 0 Å². The van der Waals surface area contributed by atoms with Crippen molar-refractivity contribution in [3.63, 3.8) is 0 Å². The summed E-state index contributed by atoms with van der Waals surface area (Å²) in [6.45, 7) is 0. The van der Waals surface area contributed by atoms with Crippen LogP contribution < -0.4 is 16.6 Å². The highest BCUT2D eigenvalue weighted by Gasteiger charge is 2.11. The molecular weight excluding hydrogens is 264 g/mol. The number of hydrogen-bond acceptors (Lipinski definition) is 5. The van der Waals surface area contributed by atoms with Crippen LogP contribution in [0.5, 0.6) is 0 Å². The third-order valence-corrected chi connectivity index (χ3v) is 2.34. The van der Waals surface area contributed by atoms with Gasteiger partial charge in [-0.1, -0.05) is 11.6 Å². The fourth-order valence-corrected chi connectivity index (χ4v) is 1.53. The lowest BCUT2D eigenvalue weighted by Gasteiger charge is -2.09. The van der Waals surface area contributed by atoms with Crippen molar-refractivity contribution in [2.75, 3.05) is 10.7 Å². The van der Waals surface area contributed by atoms with E-state index in [1.807, 2.05) is 0 Å². The van der Waals surface area contributed by atoms with E-state index in [1.165, 1.54) is 12.3 Å². The van der Waals surface area contributed by atoms with Gasteiger partial charge in [-0.05, 0) is 12.1 Å². The fourth-order valence-electron chi connectivity index (χ4n) is 1.29. The smallest absolute Gasteiger partial charge is 0.239 e. The van der Waals surface area contributed by atoms with E-state index in [1.54, 1.807) is 0 Å². The monoisotopic (exact) mass is 271 g/mol. The minimum absolute atomic E-state index is 0.0697. The zero-order chi connectivity index (χ0) is 13.1. The quantitative estimate of drug-likeness (QED) is 0.590. The maximum atomic E-state index is 13.5. The Morgan fingerprint density at radius 1 is 1.28 bits per heavy atom. The number of nitrogens with zero attached hydrogens (tertiary/aromatic N) is 2. The molecule has 18 heavy (non-hydrogen) atoms. The lowest BCUT2D eigenvalue weighted by Crippen LogP contribution is -2.11. The number of halogens is 3. The van der Waals surface area contributed by atoms with Gasteiger partial charge in [0, 0.05) is 12.3 Å². The van der Waals surface area contributed by atoms with Crippen LogP contribution in [0.4, 0.5) is 26.2 Å². The van der Waals surface area contributed by atoms with Crippen molar-refractivity contribution in [1.82, 2.24) is 9.97 Å². The lowest BCUT2D eigenvalue weighted by atomic mass is 10.3. The Kier molecular flexibility index (Phi) is 3.54. The van der Waals surface area contributed by atoms with Gasteiger partial charge in [0.05, 0.1) is 10.7 Å². The van der Waals surface area contributed by atoms with Crippen LogP contribution in [0.1, 0.15) is 0 Å². The van der Waals surface area contributed by atoms with E-state index in [0.29, 0.717) is 0 Å². The zero-order valence-electron chi connectivity index (χ0n) is 8.92. The molecule has 0 aliphatic rings. The molecule has 0 spiro atoms.